The first-order chi connectivity index (χ1) is 6.84. The Bertz CT molecular complexity index is 305. The second kappa shape index (κ2) is 5.09. The van der Waals surface area contributed by atoms with Crippen molar-refractivity contribution in [2.24, 2.45) is 0 Å². The third kappa shape index (κ3) is 2.93. The van der Waals surface area contributed by atoms with Gasteiger partial charge in [-0.2, -0.15) is 0 Å². The Hall–Kier alpha value is -0.130. The summed E-state index contributed by atoms with van der Waals surface area (Å²) in [7, 11) is 0. The van der Waals surface area contributed by atoms with Crippen LogP contribution in [0.2, 0.25) is 0 Å². The Balaban J connectivity index is 1.85. The van der Waals surface area contributed by atoms with Gasteiger partial charge in [-0.3, -0.25) is 0 Å². The monoisotopic (exact) mass is 274 g/mol. The van der Waals surface area contributed by atoms with Crippen LogP contribution in [-0.2, 0) is 4.74 Å². The van der Waals surface area contributed by atoms with Crippen molar-refractivity contribution in [2.45, 2.75) is 24.0 Å². The normalized spacial score (nSPS) is 21.4. The van der Waals surface area contributed by atoms with Crippen LogP contribution in [0.25, 0.3) is 0 Å². The predicted octanol–water partition coefficient (Wildman–Crippen LogP) is 2.51. The Morgan fingerprint density at radius 1 is 1.57 bits per heavy atom. The maximum Gasteiger partial charge on any atom is 0.118 e. The number of aromatic nitrogens is 2. The van der Waals surface area contributed by atoms with Gasteiger partial charge < -0.3 is 4.74 Å². The quantitative estimate of drug-likeness (QED) is 0.627. The molecule has 0 amide bonds. The highest BCUT2D eigenvalue weighted by Crippen LogP contribution is 2.23. The second-order valence-corrected chi connectivity index (χ2v) is 4.98. The van der Waals surface area contributed by atoms with Gasteiger partial charge in [0.2, 0.25) is 0 Å². The standard InChI is InChI=1S/C9H11BrN2OS/c10-8-4-9(12-6-11-8)14-5-7-2-1-3-13-7/h4,6-7H,1-3,5H2. The van der Waals surface area contributed by atoms with E-state index in [2.05, 4.69) is 25.9 Å². The Kier molecular flexibility index (Phi) is 3.78. The lowest BCUT2D eigenvalue weighted by molar-refractivity contribution is 0.129. The van der Waals surface area contributed by atoms with Crippen LogP contribution in [-0.4, -0.2) is 28.4 Å². The summed E-state index contributed by atoms with van der Waals surface area (Å²) in [4.78, 5) is 8.15. The van der Waals surface area contributed by atoms with Crippen LogP contribution in [0.3, 0.4) is 0 Å². The number of ether oxygens (including phenoxy) is 1. The smallest absolute Gasteiger partial charge is 0.118 e. The van der Waals surface area contributed by atoms with Gasteiger partial charge in [-0.15, -0.1) is 11.8 Å². The molecule has 0 saturated carbocycles. The van der Waals surface area contributed by atoms with Gasteiger partial charge in [0.1, 0.15) is 16.0 Å². The first-order valence-corrected chi connectivity index (χ1v) is 6.34. The molecule has 0 radical (unpaired) electrons. The van der Waals surface area contributed by atoms with Crippen LogP contribution < -0.4 is 0 Å². The van der Waals surface area contributed by atoms with Crippen LogP contribution in [0, 0.1) is 0 Å². The van der Waals surface area contributed by atoms with Crippen molar-refractivity contribution >= 4 is 27.7 Å². The molecule has 0 bridgehead atoms. The summed E-state index contributed by atoms with van der Waals surface area (Å²) in [5.74, 6) is 0.990. The molecule has 2 heterocycles. The fourth-order valence-corrected chi connectivity index (χ4v) is 2.75. The van der Waals surface area contributed by atoms with Crippen molar-refractivity contribution in [2.75, 3.05) is 12.4 Å². The summed E-state index contributed by atoms with van der Waals surface area (Å²) in [6.07, 6.45) is 4.36. The van der Waals surface area contributed by atoms with Crippen LogP contribution >= 0.6 is 27.7 Å². The highest BCUT2D eigenvalue weighted by molar-refractivity contribution is 9.10. The summed E-state index contributed by atoms with van der Waals surface area (Å²) >= 11 is 5.05. The Labute approximate surface area is 95.8 Å². The number of hydrogen-bond donors (Lipinski definition) is 0. The molecule has 5 heteroatoms. The van der Waals surface area contributed by atoms with Crippen molar-refractivity contribution in [3.05, 3.63) is 17.0 Å². The molecule has 1 aliphatic rings. The van der Waals surface area contributed by atoms with Crippen molar-refractivity contribution in [1.82, 2.24) is 9.97 Å². The molecule has 1 aliphatic heterocycles. The number of nitrogens with zero attached hydrogens (tertiary/aromatic N) is 2. The van der Waals surface area contributed by atoms with Gasteiger partial charge in [-0.1, -0.05) is 0 Å². The molecule has 76 valence electrons. The van der Waals surface area contributed by atoms with Crippen LogP contribution in [0.1, 0.15) is 12.8 Å². The fourth-order valence-electron chi connectivity index (χ4n) is 1.35. The van der Waals surface area contributed by atoms with Crippen molar-refractivity contribution < 1.29 is 4.74 Å². The predicted molar refractivity (Wildman–Crippen MR) is 59.4 cm³/mol. The minimum atomic E-state index is 0.411. The second-order valence-electron chi connectivity index (χ2n) is 3.13. The van der Waals surface area contributed by atoms with Crippen LogP contribution in [0.15, 0.2) is 22.0 Å². The summed E-state index contributed by atoms with van der Waals surface area (Å²) in [6, 6.07) is 1.93. The van der Waals surface area contributed by atoms with E-state index < -0.39 is 0 Å². The van der Waals surface area contributed by atoms with E-state index in [0.29, 0.717) is 6.10 Å². The van der Waals surface area contributed by atoms with E-state index in [-0.39, 0.29) is 0 Å². The molecule has 1 fully saturated rings. The first kappa shape index (κ1) is 10.4. The highest BCUT2D eigenvalue weighted by Gasteiger charge is 2.15. The third-order valence-corrected chi connectivity index (χ3v) is 3.54. The van der Waals surface area contributed by atoms with E-state index in [4.69, 9.17) is 4.74 Å². The minimum Gasteiger partial charge on any atom is -0.377 e. The lowest BCUT2D eigenvalue weighted by Crippen LogP contribution is -2.07. The summed E-state index contributed by atoms with van der Waals surface area (Å²) in [5, 5.41) is 1.00. The zero-order valence-corrected chi connectivity index (χ0v) is 10.1. The fraction of sp³-hybridized carbons (Fsp3) is 0.556. The lowest BCUT2D eigenvalue weighted by Gasteiger charge is -2.07. The third-order valence-electron chi connectivity index (χ3n) is 2.05. The maximum absolute atomic E-state index is 5.53. The SMILES string of the molecule is Brc1cc(SCC2CCCO2)ncn1. The van der Waals surface area contributed by atoms with Gasteiger partial charge in [0, 0.05) is 18.4 Å². The largest absolute Gasteiger partial charge is 0.377 e. The van der Waals surface area contributed by atoms with E-state index in [1.165, 1.54) is 12.8 Å². The molecule has 1 aromatic heterocycles. The zero-order chi connectivity index (χ0) is 9.80. The topological polar surface area (TPSA) is 35.0 Å². The number of halogens is 1. The minimum absolute atomic E-state index is 0.411. The van der Waals surface area contributed by atoms with Gasteiger partial charge >= 0.3 is 0 Å². The summed E-state index contributed by atoms with van der Waals surface area (Å²) in [5.41, 5.74) is 0. The Morgan fingerprint density at radius 3 is 3.21 bits per heavy atom. The van der Waals surface area contributed by atoms with Crippen LogP contribution in [0.4, 0.5) is 0 Å². The molecule has 2 rings (SSSR count). The van der Waals surface area contributed by atoms with E-state index in [1.807, 2.05) is 6.07 Å². The average molecular weight is 275 g/mol. The van der Waals surface area contributed by atoms with Gasteiger partial charge in [-0.25, -0.2) is 9.97 Å². The molecule has 1 unspecified atom stereocenters. The lowest BCUT2D eigenvalue weighted by atomic mass is 10.3. The summed E-state index contributed by atoms with van der Waals surface area (Å²) < 4.78 is 6.36. The van der Waals surface area contributed by atoms with E-state index >= 15 is 0 Å². The van der Waals surface area contributed by atoms with E-state index in [0.717, 1.165) is 22.0 Å². The Morgan fingerprint density at radius 2 is 2.50 bits per heavy atom. The molecule has 1 atom stereocenters. The van der Waals surface area contributed by atoms with Gasteiger partial charge in [0.15, 0.2) is 0 Å². The molecule has 1 saturated heterocycles. The highest BCUT2D eigenvalue weighted by atomic mass is 79.9. The molecular formula is C9H11BrN2OS. The van der Waals surface area contributed by atoms with Crippen molar-refractivity contribution in [3.63, 3.8) is 0 Å². The van der Waals surface area contributed by atoms with Gasteiger partial charge in [0.25, 0.3) is 0 Å². The molecule has 0 spiro atoms. The average Bonchev–Trinajstić information content (AvgIpc) is 2.67. The molecule has 1 aromatic rings. The van der Waals surface area contributed by atoms with Gasteiger partial charge in [0.05, 0.1) is 6.10 Å². The molecule has 14 heavy (non-hydrogen) atoms. The van der Waals surface area contributed by atoms with Crippen molar-refractivity contribution in [1.29, 1.82) is 0 Å². The zero-order valence-electron chi connectivity index (χ0n) is 7.65. The van der Waals surface area contributed by atoms with Crippen LogP contribution in [0.5, 0.6) is 0 Å². The maximum atomic E-state index is 5.53. The molecular weight excluding hydrogens is 264 g/mol. The van der Waals surface area contributed by atoms with Gasteiger partial charge in [-0.05, 0) is 28.8 Å². The number of hydrogen-bond acceptors (Lipinski definition) is 4. The molecule has 0 aromatic carbocycles. The van der Waals surface area contributed by atoms with E-state index in [1.54, 1.807) is 18.1 Å². The number of thioether (sulfide) groups is 1. The van der Waals surface area contributed by atoms with E-state index in [9.17, 15) is 0 Å². The number of rotatable bonds is 3. The molecule has 0 N–H and O–H groups in total. The summed E-state index contributed by atoms with van der Waals surface area (Å²) in [6.45, 7) is 0.915. The molecule has 0 aliphatic carbocycles. The molecule has 3 nitrogen and oxygen atoms in total. The first-order valence-electron chi connectivity index (χ1n) is 4.56. The van der Waals surface area contributed by atoms with Crippen molar-refractivity contribution in [3.8, 4) is 0 Å².